The van der Waals surface area contributed by atoms with Crippen molar-refractivity contribution in [1.82, 2.24) is 0 Å². The Morgan fingerprint density at radius 2 is 2.20 bits per heavy atom. The predicted molar refractivity (Wildman–Crippen MR) is 47.7 cm³/mol. The summed E-state index contributed by atoms with van der Waals surface area (Å²) in [5.41, 5.74) is 0. The van der Waals surface area contributed by atoms with Crippen LogP contribution in [0.3, 0.4) is 0 Å². The van der Waals surface area contributed by atoms with Crippen molar-refractivity contribution in [3.8, 4) is 0 Å². The van der Waals surface area contributed by atoms with Gasteiger partial charge in [0.05, 0.1) is 0 Å². The molecule has 0 aromatic carbocycles. The van der Waals surface area contributed by atoms with Crippen molar-refractivity contribution in [3.63, 3.8) is 0 Å². The molecular formula is C8H13OP. The molecule has 0 spiro atoms. The SMILES string of the molecule is CCC.O=C1C=CP=CC1. The molecule has 10 heavy (non-hydrogen) atoms. The second-order valence-corrected chi connectivity index (χ2v) is 2.99. The Hall–Kier alpha value is -0.420. The van der Waals surface area contributed by atoms with Gasteiger partial charge < -0.3 is 0 Å². The van der Waals surface area contributed by atoms with E-state index in [4.69, 9.17) is 0 Å². The number of hydrogen-bond acceptors (Lipinski definition) is 1. The van der Waals surface area contributed by atoms with Gasteiger partial charge in [0.25, 0.3) is 0 Å². The van der Waals surface area contributed by atoms with E-state index >= 15 is 0 Å². The minimum atomic E-state index is 0.221. The smallest absolute Gasteiger partial charge is 0.160 e. The first kappa shape index (κ1) is 9.58. The van der Waals surface area contributed by atoms with Gasteiger partial charge in [0.2, 0.25) is 0 Å². The topological polar surface area (TPSA) is 17.1 Å². The van der Waals surface area contributed by atoms with E-state index in [2.05, 4.69) is 13.8 Å². The van der Waals surface area contributed by atoms with E-state index in [1.54, 1.807) is 6.08 Å². The maximum atomic E-state index is 10.3. The summed E-state index contributed by atoms with van der Waals surface area (Å²) in [7, 11) is 1.17. The van der Waals surface area contributed by atoms with Crippen LogP contribution in [0.15, 0.2) is 11.9 Å². The van der Waals surface area contributed by atoms with Gasteiger partial charge in [-0.15, -0.1) is 0 Å². The van der Waals surface area contributed by atoms with E-state index in [0.717, 1.165) is 0 Å². The summed E-state index contributed by atoms with van der Waals surface area (Å²) in [6.07, 6.45) is 3.50. The Morgan fingerprint density at radius 1 is 1.60 bits per heavy atom. The molecule has 0 saturated carbocycles. The van der Waals surface area contributed by atoms with Crippen LogP contribution in [0.2, 0.25) is 0 Å². The highest BCUT2D eigenvalue weighted by Crippen LogP contribution is 2.03. The van der Waals surface area contributed by atoms with Gasteiger partial charge in [-0.1, -0.05) is 28.5 Å². The fraction of sp³-hybridized carbons (Fsp3) is 0.500. The van der Waals surface area contributed by atoms with E-state index < -0.39 is 0 Å². The van der Waals surface area contributed by atoms with Gasteiger partial charge in [-0.05, 0) is 17.7 Å². The Labute approximate surface area is 63.9 Å². The molecule has 56 valence electrons. The lowest BCUT2D eigenvalue weighted by molar-refractivity contribution is -0.113. The zero-order valence-corrected chi connectivity index (χ0v) is 7.40. The molecule has 0 bridgehead atoms. The molecule has 0 aromatic heterocycles. The van der Waals surface area contributed by atoms with Crippen LogP contribution in [-0.4, -0.2) is 11.6 Å². The number of carbonyl (C=O) groups excluding carboxylic acids is 1. The summed E-state index contributed by atoms with van der Waals surface area (Å²) in [6.45, 7) is 4.25. The van der Waals surface area contributed by atoms with Crippen molar-refractivity contribution in [3.05, 3.63) is 11.9 Å². The summed E-state index contributed by atoms with van der Waals surface area (Å²) in [6, 6.07) is 0. The molecule has 0 unspecified atom stereocenters. The van der Waals surface area contributed by atoms with Crippen molar-refractivity contribution >= 4 is 19.8 Å². The van der Waals surface area contributed by atoms with Crippen LogP contribution in [0.4, 0.5) is 0 Å². The van der Waals surface area contributed by atoms with Gasteiger partial charge >= 0.3 is 0 Å². The van der Waals surface area contributed by atoms with E-state index in [-0.39, 0.29) is 5.78 Å². The van der Waals surface area contributed by atoms with Crippen molar-refractivity contribution < 1.29 is 4.79 Å². The van der Waals surface area contributed by atoms with Crippen LogP contribution >= 0.6 is 8.20 Å². The van der Waals surface area contributed by atoms with Crippen LogP contribution < -0.4 is 0 Å². The molecule has 1 nitrogen and oxygen atoms in total. The lowest BCUT2D eigenvalue weighted by Crippen LogP contribution is -1.92. The second-order valence-electron chi connectivity index (χ2n) is 2.02. The minimum Gasteiger partial charge on any atom is -0.294 e. The highest BCUT2D eigenvalue weighted by atomic mass is 31.1. The molecule has 1 heterocycles. The normalized spacial score (nSPS) is 16.0. The fourth-order valence-corrected chi connectivity index (χ4v) is 1.06. The zero-order valence-electron chi connectivity index (χ0n) is 6.50. The molecule has 1 aliphatic rings. The Balaban J connectivity index is 0.000000236. The zero-order chi connectivity index (χ0) is 7.82. The molecule has 0 N–H and O–H groups in total. The van der Waals surface area contributed by atoms with E-state index in [0.29, 0.717) is 6.42 Å². The highest BCUT2D eigenvalue weighted by molar-refractivity contribution is 7.42. The van der Waals surface area contributed by atoms with Crippen LogP contribution in [0.5, 0.6) is 0 Å². The van der Waals surface area contributed by atoms with Gasteiger partial charge in [0.1, 0.15) is 0 Å². The first-order chi connectivity index (χ1) is 4.81. The third kappa shape index (κ3) is 5.71. The number of carbonyl (C=O) groups is 1. The van der Waals surface area contributed by atoms with Gasteiger partial charge in [0, 0.05) is 6.42 Å². The van der Waals surface area contributed by atoms with Gasteiger partial charge in [-0.25, -0.2) is 0 Å². The van der Waals surface area contributed by atoms with E-state index in [9.17, 15) is 4.79 Å². The number of hydrogen-bond donors (Lipinski definition) is 0. The Kier molecular flexibility index (Phi) is 6.42. The van der Waals surface area contributed by atoms with Crippen molar-refractivity contribution in [1.29, 1.82) is 0 Å². The third-order valence-corrected chi connectivity index (χ3v) is 1.46. The van der Waals surface area contributed by atoms with Crippen LogP contribution in [0, 0.1) is 0 Å². The Bertz CT molecular complexity index is 147. The average molecular weight is 156 g/mol. The molecular weight excluding hydrogens is 143 g/mol. The van der Waals surface area contributed by atoms with Gasteiger partial charge in [-0.3, -0.25) is 4.79 Å². The van der Waals surface area contributed by atoms with E-state index in [1.165, 1.54) is 14.6 Å². The fourth-order valence-electron chi connectivity index (χ4n) is 0.398. The standard InChI is InChI=1S/C5H5OP.C3H8/c6-5-1-3-7-4-2-5;1-3-2/h1,3-4H,2H2;3H2,1-2H3. The number of rotatable bonds is 0. The summed E-state index contributed by atoms with van der Waals surface area (Å²) < 4.78 is 0. The summed E-state index contributed by atoms with van der Waals surface area (Å²) in [4.78, 5) is 10.3. The van der Waals surface area contributed by atoms with E-state index in [1.807, 2.05) is 11.6 Å². The quantitative estimate of drug-likeness (QED) is 0.493. The van der Waals surface area contributed by atoms with Gasteiger partial charge in [-0.2, -0.15) is 0 Å². The van der Waals surface area contributed by atoms with Crippen LogP contribution in [-0.2, 0) is 4.79 Å². The molecule has 0 radical (unpaired) electrons. The van der Waals surface area contributed by atoms with Crippen LogP contribution in [0.25, 0.3) is 0 Å². The molecule has 0 saturated heterocycles. The lowest BCUT2D eigenvalue weighted by atomic mass is 10.3. The largest absolute Gasteiger partial charge is 0.294 e. The van der Waals surface area contributed by atoms with Crippen LogP contribution in [0.1, 0.15) is 26.7 Å². The molecule has 0 aliphatic carbocycles. The molecule has 1 rings (SSSR count). The maximum absolute atomic E-state index is 10.3. The first-order valence-corrected chi connectivity index (χ1v) is 4.55. The second kappa shape index (κ2) is 6.70. The highest BCUT2D eigenvalue weighted by Gasteiger charge is 1.92. The lowest BCUT2D eigenvalue weighted by Gasteiger charge is -1.87. The maximum Gasteiger partial charge on any atom is 0.160 e. The monoisotopic (exact) mass is 156 g/mol. The number of ketones is 1. The molecule has 0 fully saturated rings. The van der Waals surface area contributed by atoms with Crippen molar-refractivity contribution in [2.45, 2.75) is 26.7 Å². The predicted octanol–water partition coefficient (Wildman–Crippen LogP) is 2.64. The minimum absolute atomic E-state index is 0.221. The average Bonchev–Trinajstić information content (AvgIpc) is 1.91. The molecule has 0 amide bonds. The first-order valence-electron chi connectivity index (χ1n) is 3.52. The van der Waals surface area contributed by atoms with Crippen molar-refractivity contribution in [2.24, 2.45) is 0 Å². The third-order valence-electron chi connectivity index (χ3n) is 0.744. The molecule has 1 aliphatic heterocycles. The molecule has 0 aromatic rings. The van der Waals surface area contributed by atoms with Gasteiger partial charge in [0.15, 0.2) is 5.78 Å². The molecule has 0 atom stereocenters. The number of allylic oxidation sites excluding steroid dienone is 1. The van der Waals surface area contributed by atoms with Crippen molar-refractivity contribution in [2.75, 3.05) is 0 Å². The summed E-state index contributed by atoms with van der Waals surface area (Å²) in [5.74, 6) is 4.02. The summed E-state index contributed by atoms with van der Waals surface area (Å²) in [5, 5.41) is 0. The Morgan fingerprint density at radius 3 is 2.40 bits per heavy atom. The molecule has 2 heteroatoms. The summed E-state index contributed by atoms with van der Waals surface area (Å²) >= 11 is 0.